The quantitative estimate of drug-likeness (QED) is 0.532. The average Bonchev–Trinajstić information content (AvgIpc) is 2.34. The second-order valence-corrected chi connectivity index (χ2v) is 7.33. The molecule has 0 saturated heterocycles. The molecule has 0 saturated carbocycles. The maximum absolute atomic E-state index is 2.38. The minimum Gasteiger partial charge on any atom is -0.0755 e. The Morgan fingerprint density at radius 1 is 0.750 bits per heavy atom. The summed E-state index contributed by atoms with van der Waals surface area (Å²) in [6, 6.07) is 13.5. The molecule has 3 rings (SSSR count). The third-order valence-electron chi connectivity index (χ3n) is 5.00. The zero-order valence-electron chi connectivity index (χ0n) is 13.5. The molecule has 0 unspecified atom stereocenters. The predicted octanol–water partition coefficient (Wildman–Crippen LogP) is 5.75. The Balaban J connectivity index is 2.56. The molecule has 0 atom stereocenters. The van der Waals surface area contributed by atoms with Crippen LogP contribution in [0.25, 0.3) is 10.8 Å². The van der Waals surface area contributed by atoms with Gasteiger partial charge in [-0.3, -0.25) is 0 Å². The van der Waals surface area contributed by atoms with Gasteiger partial charge in [0.1, 0.15) is 0 Å². The van der Waals surface area contributed by atoms with Crippen molar-refractivity contribution in [3.63, 3.8) is 0 Å². The molecule has 0 bridgehead atoms. The van der Waals surface area contributed by atoms with Crippen LogP contribution in [0.15, 0.2) is 47.5 Å². The van der Waals surface area contributed by atoms with Crippen molar-refractivity contribution in [3.8, 4) is 0 Å². The van der Waals surface area contributed by atoms with Crippen molar-refractivity contribution in [1.82, 2.24) is 0 Å². The molecule has 0 N–H and O–H groups in total. The summed E-state index contributed by atoms with van der Waals surface area (Å²) in [5, 5.41) is 2.84. The SMILES string of the molecule is CC(C)=C1C(C)(C)c2cccc3cccc(c23)C1(C)C. The van der Waals surface area contributed by atoms with Gasteiger partial charge in [0.2, 0.25) is 0 Å². The van der Waals surface area contributed by atoms with E-state index in [1.807, 2.05) is 0 Å². The van der Waals surface area contributed by atoms with Crippen LogP contribution in [-0.2, 0) is 10.8 Å². The molecule has 2 aromatic rings. The summed E-state index contributed by atoms with van der Waals surface area (Å²) in [5.41, 5.74) is 6.15. The lowest BCUT2D eigenvalue weighted by molar-refractivity contribution is 0.469. The zero-order valence-corrected chi connectivity index (χ0v) is 13.5. The second-order valence-electron chi connectivity index (χ2n) is 7.33. The van der Waals surface area contributed by atoms with E-state index in [2.05, 4.69) is 77.9 Å². The van der Waals surface area contributed by atoms with E-state index in [1.165, 1.54) is 27.5 Å². The summed E-state index contributed by atoms with van der Waals surface area (Å²) < 4.78 is 0. The van der Waals surface area contributed by atoms with Gasteiger partial charge in [0.05, 0.1) is 0 Å². The molecule has 1 aliphatic rings. The highest BCUT2D eigenvalue weighted by molar-refractivity contribution is 5.93. The fourth-order valence-corrected chi connectivity index (χ4v) is 4.68. The maximum Gasteiger partial charge on any atom is 0.0122 e. The zero-order chi connectivity index (χ0) is 14.7. The van der Waals surface area contributed by atoms with Crippen molar-refractivity contribution < 1.29 is 0 Å². The summed E-state index contributed by atoms with van der Waals surface area (Å²) >= 11 is 0. The Kier molecular flexibility index (Phi) is 2.67. The van der Waals surface area contributed by atoms with Crippen LogP contribution in [0.4, 0.5) is 0 Å². The fourth-order valence-electron chi connectivity index (χ4n) is 4.68. The van der Waals surface area contributed by atoms with Crippen LogP contribution in [0.2, 0.25) is 0 Å². The summed E-state index contributed by atoms with van der Waals surface area (Å²) in [4.78, 5) is 0. The van der Waals surface area contributed by atoms with Crippen LogP contribution >= 0.6 is 0 Å². The summed E-state index contributed by atoms with van der Waals surface area (Å²) in [5.74, 6) is 0. The molecule has 104 valence electrons. The summed E-state index contributed by atoms with van der Waals surface area (Å²) in [7, 11) is 0. The standard InChI is InChI=1S/C20H24/c1-13(2)18-19(3,4)15-11-7-9-14-10-8-12-16(17(14)15)20(18,5)6/h7-12H,1-6H3. The lowest BCUT2D eigenvalue weighted by atomic mass is 9.57. The van der Waals surface area contributed by atoms with Crippen LogP contribution in [-0.4, -0.2) is 0 Å². The lowest BCUT2D eigenvalue weighted by Gasteiger charge is -2.46. The first-order valence-corrected chi connectivity index (χ1v) is 7.49. The second kappa shape index (κ2) is 3.97. The molecule has 0 nitrogen and oxygen atoms in total. The van der Waals surface area contributed by atoms with E-state index in [0.717, 1.165) is 0 Å². The topological polar surface area (TPSA) is 0 Å². The van der Waals surface area contributed by atoms with E-state index in [1.54, 1.807) is 5.57 Å². The molecule has 0 aliphatic heterocycles. The molecular formula is C20H24. The Hall–Kier alpha value is -1.56. The van der Waals surface area contributed by atoms with E-state index in [-0.39, 0.29) is 10.8 Å². The van der Waals surface area contributed by atoms with Crippen LogP contribution in [0.3, 0.4) is 0 Å². The van der Waals surface area contributed by atoms with Gasteiger partial charge in [-0.2, -0.15) is 0 Å². The molecule has 0 spiro atoms. The van der Waals surface area contributed by atoms with Gasteiger partial charge >= 0.3 is 0 Å². The van der Waals surface area contributed by atoms with E-state index in [9.17, 15) is 0 Å². The maximum atomic E-state index is 2.38. The largest absolute Gasteiger partial charge is 0.0755 e. The molecule has 1 aliphatic carbocycles. The normalized spacial score (nSPS) is 19.2. The number of benzene rings is 2. The van der Waals surface area contributed by atoms with Gasteiger partial charge in [0, 0.05) is 10.8 Å². The predicted molar refractivity (Wildman–Crippen MR) is 88.4 cm³/mol. The van der Waals surface area contributed by atoms with Crippen molar-refractivity contribution in [1.29, 1.82) is 0 Å². The van der Waals surface area contributed by atoms with E-state index in [0.29, 0.717) is 0 Å². The van der Waals surface area contributed by atoms with Crippen LogP contribution in [0, 0.1) is 0 Å². The van der Waals surface area contributed by atoms with Gasteiger partial charge in [0.25, 0.3) is 0 Å². The fraction of sp³-hybridized carbons (Fsp3) is 0.400. The van der Waals surface area contributed by atoms with Crippen molar-refractivity contribution in [2.45, 2.75) is 52.4 Å². The monoisotopic (exact) mass is 264 g/mol. The molecule has 2 aromatic carbocycles. The first-order chi connectivity index (χ1) is 9.28. The van der Waals surface area contributed by atoms with Gasteiger partial charge in [-0.15, -0.1) is 0 Å². The van der Waals surface area contributed by atoms with Crippen molar-refractivity contribution in [3.05, 3.63) is 58.7 Å². The molecular weight excluding hydrogens is 240 g/mol. The van der Waals surface area contributed by atoms with Crippen molar-refractivity contribution in [2.75, 3.05) is 0 Å². The van der Waals surface area contributed by atoms with Crippen molar-refractivity contribution in [2.24, 2.45) is 0 Å². The van der Waals surface area contributed by atoms with Gasteiger partial charge in [-0.05, 0) is 35.7 Å². The van der Waals surface area contributed by atoms with Gasteiger partial charge in [0.15, 0.2) is 0 Å². The van der Waals surface area contributed by atoms with Crippen LogP contribution < -0.4 is 0 Å². The van der Waals surface area contributed by atoms with Crippen LogP contribution in [0.1, 0.15) is 52.7 Å². The third-order valence-corrected chi connectivity index (χ3v) is 5.00. The molecule has 0 aromatic heterocycles. The van der Waals surface area contributed by atoms with Crippen LogP contribution in [0.5, 0.6) is 0 Å². The highest BCUT2D eigenvalue weighted by Gasteiger charge is 2.43. The minimum absolute atomic E-state index is 0.0934. The average molecular weight is 264 g/mol. The Bertz CT molecular complexity index is 670. The molecule has 0 heteroatoms. The molecule has 20 heavy (non-hydrogen) atoms. The smallest absolute Gasteiger partial charge is 0.0122 e. The first kappa shape index (κ1) is 13.4. The summed E-state index contributed by atoms with van der Waals surface area (Å²) in [6.45, 7) is 14.0. The van der Waals surface area contributed by atoms with E-state index >= 15 is 0 Å². The molecule has 0 radical (unpaired) electrons. The van der Waals surface area contributed by atoms with E-state index in [4.69, 9.17) is 0 Å². The molecule has 0 fully saturated rings. The lowest BCUT2D eigenvalue weighted by Crippen LogP contribution is -2.38. The molecule has 0 heterocycles. The van der Waals surface area contributed by atoms with Gasteiger partial charge in [-0.25, -0.2) is 0 Å². The van der Waals surface area contributed by atoms with Gasteiger partial charge < -0.3 is 0 Å². The number of rotatable bonds is 0. The molecule has 0 amide bonds. The number of hydrogen-bond acceptors (Lipinski definition) is 0. The highest BCUT2D eigenvalue weighted by atomic mass is 14.5. The van der Waals surface area contributed by atoms with E-state index < -0.39 is 0 Å². The highest BCUT2D eigenvalue weighted by Crippen LogP contribution is 2.53. The number of hydrogen-bond donors (Lipinski definition) is 0. The third kappa shape index (κ3) is 1.54. The van der Waals surface area contributed by atoms with Gasteiger partial charge in [-0.1, -0.05) is 75.2 Å². The first-order valence-electron chi connectivity index (χ1n) is 7.49. The number of allylic oxidation sites excluding steroid dienone is 2. The summed E-state index contributed by atoms with van der Waals surface area (Å²) in [6.07, 6.45) is 0. The Morgan fingerprint density at radius 3 is 1.60 bits per heavy atom. The van der Waals surface area contributed by atoms with Crippen molar-refractivity contribution >= 4 is 10.8 Å². The minimum atomic E-state index is 0.0934. The Labute approximate surface area is 122 Å². The Morgan fingerprint density at radius 2 is 1.20 bits per heavy atom.